The Morgan fingerprint density at radius 1 is 1.50 bits per heavy atom. The molecule has 1 heterocycles. The molecule has 0 aliphatic rings. The summed E-state index contributed by atoms with van der Waals surface area (Å²) in [7, 11) is 1.62. The van der Waals surface area contributed by atoms with Crippen molar-refractivity contribution in [2.45, 2.75) is 0 Å². The fraction of sp³-hybridized carbons (Fsp3) is 0.545. The second kappa shape index (κ2) is 8.39. The van der Waals surface area contributed by atoms with Crippen LogP contribution in [0.3, 0.4) is 0 Å². The Labute approximate surface area is 127 Å². The third kappa shape index (κ3) is 5.07. The second-order valence-corrected chi connectivity index (χ2v) is 7.40. The van der Waals surface area contributed by atoms with E-state index in [0.29, 0.717) is 25.3 Å². The summed E-state index contributed by atoms with van der Waals surface area (Å²) in [6.45, 7) is 1.96. The van der Waals surface area contributed by atoms with Gasteiger partial charge in [-0.2, -0.15) is 0 Å². The van der Waals surface area contributed by atoms with Gasteiger partial charge in [-0.05, 0) is 37.9 Å². The molecule has 0 fully saturated rings. The molecule has 1 aromatic heterocycles. The van der Waals surface area contributed by atoms with E-state index in [1.54, 1.807) is 7.11 Å². The predicted octanol–water partition coefficient (Wildman–Crippen LogP) is 2.40. The zero-order chi connectivity index (χ0) is 13.5. The van der Waals surface area contributed by atoms with Crippen molar-refractivity contribution in [2.75, 3.05) is 40.0 Å². The predicted molar refractivity (Wildman–Crippen MR) is 79.5 cm³/mol. The van der Waals surface area contributed by atoms with Crippen molar-refractivity contribution in [1.29, 1.82) is 0 Å². The Morgan fingerprint density at radius 3 is 2.72 bits per heavy atom. The molecule has 1 aromatic rings. The van der Waals surface area contributed by atoms with Gasteiger partial charge in [-0.15, -0.1) is 11.3 Å². The molecule has 0 atom stereocenters. The molecule has 7 heteroatoms. The van der Waals surface area contributed by atoms with E-state index in [2.05, 4.69) is 31.9 Å². The van der Waals surface area contributed by atoms with Gasteiger partial charge in [0.15, 0.2) is 5.78 Å². The standard InChI is InChI=1S/C11H15Br2NO3S/c1-17-5-3-14(2-4-15)7-9(16)8-6-10(12)18-11(8)13/h6,15H,2-5,7H2,1H3. The van der Waals surface area contributed by atoms with Crippen LogP contribution in [0.5, 0.6) is 0 Å². The molecule has 1 rings (SSSR count). The molecule has 102 valence electrons. The molecule has 0 radical (unpaired) electrons. The van der Waals surface area contributed by atoms with Crippen molar-refractivity contribution in [2.24, 2.45) is 0 Å². The number of ether oxygens (including phenoxy) is 1. The Balaban J connectivity index is 2.62. The average molecular weight is 401 g/mol. The lowest BCUT2D eigenvalue weighted by Crippen LogP contribution is -2.35. The van der Waals surface area contributed by atoms with Gasteiger partial charge < -0.3 is 9.84 Å². The number of nitrogens with zero attached hydrogens (tertiary/aromatic N) is 1. The minimum Gasteiger partial charge on any atom is -0.395 e. The average Bonchev–Trinajstić information content (AvgIpc) is 2.65. The van der Waals surface area contributed by atoms with Crippen LogP contribution >= 0.6 is 43.2 Å². The van der Waals surface area contributed by atoms with Crippen molar-refractivity contribution >= 4 is 49.0 Å². The first kappa shape index (κ1) is 16.3. The van der Waals surface area contributed by atoms with Crippen LogP contribution in [0.4, 0.5) is 0 Å². The fourth-order valence-electron chi connectivity index (χ4n) is 1.45. The first-order valence-electron chi connectivity index (χ1n) is 5.38. The summed E-state index contributed by atoms with van der Waals surface area (Å²) in [5.74, 6) is 0.0355. The van der Waals surface area contributed by atoms with Crippen molar-refractivity contribution in [3.8, 4) is 0 Å². The molecule has 18 heavy (non-hydrogen) atoms. The number of hydrogen-bond acceptors (Lipinski definition) is 5. The maximum absolute atomic E-state index is 12.1. The summed E-state index contributed by atoms with van der Waals surface area (Å²) in [4.78, 5) is 14.0. The summed E-state index contributed by atoms with van der Waals surface area (Å²) in [5, 5.41) is 8.97. The zero-order valence-corrected chi connectivity index (χ0v) is 14.0. The van der Waals surface area contributed by atoms with E-state index in [1.807, 2.05) is 11.0 Å². The number of aliphatic hydroxyl groups excluding tert-OH is 1. The van der Waals surface area contributed by atoms with Crippen LogP contribution in [-0.4, -0.2) is 55.7 Å². The van der Waals surface area contributed by atoms with Crippen molar-refractivity contribution in [3.63, 3.8) is 0 Å². The number of methoxy groups -OCH3 is 1. The molecule has 0 aromatic carbocycles. The molecule has 0 saturated carbocycles. The van der Waals surface area contributed by atoms with Gasteiger partial charge in [0.1, 0.15) is 0 Å². The fourth-order valence-corrected chi connectivity index (χ4v) is 4.31. The van der Waals surface area contributed by atoms with Crippen LogP contribution in [0.15, 0.2) is 13.6 Å². The van der Waals surface area contributed by atoms with Crippen molar-refractivity contribution in [3.05, 3.63) is 19.2 Å². The van der Waals surface area contributed by atoms with Gasteiger partial charge in [-0.25, -0.2) is 0 Å². The summed E-state index contributed by atoms with van der Waals surface area (Å²) >= 11 is 8.20. The molecule has 0 bridgehead atoms. The van der Waals surface area contributed by atoms with Gasteiger partial charge in [0.25, 0.3) is 0 Å². The molecule has 1 N–H and O–H groups in total. The van der Waals surface area contributed by atoms with E-state index in [1.165, 1.54) is 11.3 Å². The Hall–Kier alpha value is 0.210. The molecule has 0 aliphatic carbocycles. The highest BCUT2D eigenvalue weighted by atomic mass is 79.9. The van der Waals surface area contributed by atoms with Crippen LogP contribution in [0, 0.1) is 0 Å². The monoisotopic (exact) mass is 399 g/mol. The minimum absolute atomic E-state index is 0.0332. The normalized spacial score (nSPS) is 11.2. The summed E-state index contributed by atoms with van der Waals surface area (Å²) < 4.78 is 6.73. The van der Waals surface area contributed by atoms with Gasteiger partial charge in [-0.3, -0.25) is 9.69 Å². The van der Waals surface area contributed by atoms with E-state index in [-0.39, 0.29) is 18.9 Å². The summed E-state index contributed by atoms with van der Waals surface area (Å²) in [6.07, 6.45) is 0. The van der Waals surface area contributed by atoms with Crippen LogP contribution in [0.2, 0.25) is 0 Å². The third-order valence-corrected chi connectivity index (χ3v) is 4.69. The summed E-state index contributed by atoms with van der Waals surface area (Å²) in [6, 6.07) is 1.81. The highest BCUT2D eigenvalue weighted by Gasteiger charge is 2.16. The summed E-state index contributed by atoms with van der Waals surface area (Å²) in [5.41, 5.74) is 0.673. The van der Waals surface area contributed by atoms with E-state index in [0.717, 1.165) is 7.57 Å². The van der Waals surface area contributed by atoms with Crippen LogP contribution in [0.1, 0.15) is 10.4 Å². The largest absolute Gasteiger partial charge is 0.395 e. The molecule has 0 amide bonds. The number of hydrogen-bond donors (Lipinski definition) is 1. The van der Waals surface area contributed by atoms with Crippen LogP contribution in [0.25, 0.3) is 0 Å². The molecule has 0 unspecified atom stereocenters. The van der Waals surface area contributed by atoms with E-state index >= 15 is 0 Å². The third-order valence-electron chi connectivity index (χ3n) is 2.35. The zero-order valence-electron chi connectivity index (χ0n) is 9.99. The lowest BCUT2D eigenvalue weighted by Gasteiger charge is -2.19. The SMILES string of the molecule is COCCN(CCO)CC(=O)c1cc(Br)sc1Br. The number of ketones is 1. The number of rotatable bonds is 8. The lowest BCUT2D eigenvalue weighted by molar-refractivity contribution is 0.0868. The quantitative estimate of drug-likeness (QED) is 0.680. The lowest BCUT2D eigenvalue weighted by atomic mass is 10.2. The smallest absolute Gasteiger partial charge is 0.178 e. The number of aliphatic hydroxyl groups is 1. The van der Waals surface area contributed by atoms with E-state index in [9.17, 15) is 4.79 Å². The number of carbonyl (C=O) groups is 1. The van der Waals surface area contributed by atoms with Gasteiger partial charge in [0.2, 0.25) is 0 Å². The van der Waals surface area contributed by atoms with Gasteiger partial charge in [0.05, 0.1) is 27.3 Å². The van der Waals surface area contributed by atoms with E-state index < -0.39 is 0 Å². The number of carbonyl (C=O) groups excluding carboxylic acids is 1. The Kier molecular flexibility index (Phi) is 7.59. The van der Waals surface area contributed by atoms with Crippen LogP contribution < -0.4 is 0 Å². The second-order valence-electron chi connectivity index (χ2n) is 3.65. The van der Waals surface area contributed by atoms with Gasteiger partial charge in [0, 0.05) is 25.8 Å². The molecule has 0 saturated heterocycles. The number of halogens is 2. The Bertz CT molecular complexity index is 398. The van der Waals surface area contributed by atoms with Crippen molar-refractivity contribution < 1.29 is 14.6 Å². The molecular weight excluding hydrogens is 386 g/mol. The molecular formula is C11H15Br2NO3S. The van der Waals surface area contributed by atoms with E-state index in [4.69, 9.17) is 9.84 Å². The highest BCUT2D eigenvalue weighted by molar-refractivity contribution is 9.12. The first-order chi connectivity index (χ1) is 8.58. The van der Waals surface area contributed by atoms with Crippen molar-refractivity contribution in [1.82, 2.24) is 4.90 Å². The van der Waals surface area contributed by atoms with Crippen LogP contribution in [-0.2, 0) is 4.74 Å². The maximum atomic E-state index is 12.1. The molecule has 0 spiro atoms. The first-order valence-corrected chi connectivity index (χ1v) is 7.79. The van der Waals surface area contributed by atoms with Gasteiger partial charge >= 0.3 is 0 Å². The minimum atomic E-state index is 0.0332. The maximum Gasteiger partial charge on any atom is 0.178 e. The molecule has 4 nitrogen and oxygen atoms in total. The molecule has 0 aliphatic heterocycles. The highest BCUT2D eigenvalue weighted by Crippen LogP contribution is 2.32. The van der Waals surface area contributed by atoms with Gasteiger partial charge in [-0.1, -0.05) is 0 Å². The topological polar surface area (TPSA) is 49.8 Å². The Morgan fingerprint density at radius 2 is 2.22 bits per heavy atom. The number of thiophene rings is 1. The number of Topliss-reactive ketones (excluding diaryl/α,β-unsaturated/α-hetero) is 1.